The predicted octanol–water partition coefficient (Wildman–Crippen LogP) is 3.26. The number of nitrogens with zero attached hydrogens (tertiary/aromatic N) is 2. The van der Waals surface area contributed by atoms with Crippen LogP contribution in [0.5, 0.6) is 5.75 Å². The molecule has 0 aliphatic rings. The Hall–Kier alpha value is -2.82. The summed E-state index contributed by atoms with van der Waals surface area (Å²) in [7, 11) is 0. The molecule has 0 unspecified atom stereocenters. The molecule has 0 bridgehead atoms. The number of aromatic nitrogens is 2. The van der Waals surface area contributed by atoms with Crippen LogP contribution in [-0.4, -0.2) is 10.1 Å². The first-order valence-electron chi connectivity index (χ1n) is 6.68. The van der Waals surface area contributed by atoms with Crippen molar-refractivity contribution >= 4 is 5.69 Å². The molecule has 21 heavy (non-hydrogen) atoms. The molecular formula is C16H15N3O2. The molecule has 3 aromatic rings. The van der Waals surface area contributed by atoms with Gasteiger partial charge in [-0.15, -0.1) is 0 Å². The van der Waals surface area contributed by atoms with Crippen LogP contribution >= 0.6 is 0 Å². The minimum atomic E-state index is 0.291. The number of anilines is 1. The third-order valence-electron chi connectivity index (χ3n) is 2.84. The highest BCUT2D eigenvalue weighted by Gasteiger charge is 2.06. The minimum Gasteiger partial charge on any atom is -0.485 e. The van der Waals surface area contributed by atoms with Gasteiger partial charge < -0.3 is 14.6 Å². The first kappa shape index (κ1) is 13.2. The summed E-state index contributed by atoms with van der Waals surface area (Å²) in [5.41, 5.74) is 1.01. The van der Waals surface area contributed by atoms with E-state index in [1.807, 2.05) is 60.7 Å². The highest BCUT2D eigenvalue weighted by atomic mass is 16.5. The number of rotatable bonds is 6. The lowest BCUT2D eigenvalue weighted by Crippen LogP contribution is -2.01. The Kier molecular flexibility index (Phi) is 4.12. The first-order valence-corrected chi connectivity index (χ1v) is 6.68. The van der Waals surface area contributed by atoms with Crippen LogP contribution in [0, 0.1) is 0 Å². The maximum Gasteiger partial charge on any atom is 0.246 e. The summed E-state index contributed by atoms with van der Waals surface area (Å²) in [5.74, 6) is 1.85. The lowest BCUT2D eigenvalue weighted by Gasteiger charge is -2.02. The number of benzene rings is 2. The highest BCUT2D eigenvalue weighted by molar-refractivity contribution is 5.42. The summed E-state index contributed by atoms with van der Waals surface area (Å²) in [6.07, 6.45) is 0. The first-order chi connectivity index (χ1) is 10.4. The van der Waals surface area contributed by atoms with E-state index in [9.17, 15) is 0 Å². The van der Waals surface area contributed by atoms with Gasteiger partial charge in [0.25, 0.3) is 0 Å². The smallest absolute Gasteiger partial charge is 0.246 e. The van der Waals surface area contributed by atoms with Crippen LogP contribution in [-0.2, 0) is 13.2 Å². The molecule has 0 amide bonds. The molecule has 1 N–H and O–H groups in total. The number of hydrogen-bond acceptors (Lipinski definition) is 5. The Labute approximate surface area is 122 Å². The van der Waals surface area contributed by atoms with Crippen LogP contribution in [0.4, 0.5) is 5.69 Å². The molecule has 0 aliphatic carbocycles. The molecular weight excluding hydrogens is 266 g/mol. The van der Waals surface area contributed by atoms with Crippen molar-refractivity contribution in [2.45, 2.75) is 13.2 Å². The molecule has 2 aromatic carbocycles. The normalized spacial score (nSPS) is 10.3. The van der Waals surface area contributed by atoms with Crippen molar-refractivity contribution in [3.8, 4) is 5.75 Å². The van der Waals surface area contributed by atoms with Gasteiger partial charge in [0.05, 0.1) is 6.54 Å². The van der Waals surface area contributed by atoms with E-state index in [1.54, 1.807) is 0 Å². The number of nitrogens with one attached hydrogen (secondary N) is 1. The average Bonchev–Trinajstić information content (AvgIpc) is 3.01. The van der Waals surface area contributed by atoms with Gasteiger partial charge in [-0.1, -0.05) is 41.6 Å². The molecule has 0 saturated heterocycles. The van der Waals surface area contributed by atoms with Gasteiger partial charge in [-0.05, 0) is 24.3 Å². The number of hydrogen-bond donors (Lipinski definition) is 1. The van der Waals surface area contributed by atoms with Crippen molar-refractivity contribution in [3.63, 3.8) is 0 Å². The van der Waals surface area contributed by atoms with E-state index in [-0.39, 0.29) is 0 Å². The molecule has 0 aliphatic heterocycles. The highest BCUT2D eigenvalue weighted by Crippen LogP contribution is 2.11. The summed E-state index contributed by atoms with van der Waals surface area (Å²) in [6.45, 7) is 0.779. The van der Waals surface area contributed by atoms with Gasteiger partial charge in [-0.3, -0.25) is 0 Å². The zero-order valence-corrected chi connectivity index (χ0v) is 11.4. The quantitative estimate of drug-likeness (QED) is 0.751. The fourth-order valence-electron chi connectivity index (χ4n) is 1.82. The molecule has 0 fully saturated rings. The van der Waals surface area contributed by atoms with E-state index in [2.05, 4.69) is 15.5 Å². The van der Waals surface area contributed by atoms with Crippen molar-refractivity contribution in [3.05, 3.63) is 72.4 Å². The van der Waals surface area contributed by atoms with E-state index >= 15 is 0 Å². The van der Waals surface area contributed by atoms with E-state index in [1.165, 1.54) is 0 Å². The van der Waals surface area contributed by atoms with Gasteiger partial charge >= 0.3 is 0 Å². The van der Waals surface area contributed by atoms with Crippen LogP contribution < -0.4 is 10.1 Å². The summed E-state index contributed by atoms with van der Waals surface area (Å²) in [6, 6.07) is 19.4. The number of para-hydroxylation sites is 2. The third kappa shape index (κ3) is 3.82. The summed E-state index contributed by atoms with van der Waals surface area (Å²) < 4.78 is 10.7. The van der Waals surface area contributed by atoms with Gasteiger partial charge in [0.1, 0.15) is 5.75 Å². The zero-order valence-electron chi connectivity index (χ0n) is 11.4. The van der Waals surface area contributed by atoms with Crippen molar-refractivity contribution in [2.75, 3.05) is 5.32 Å². The minimum absolute atomic E-state index is 0.291. The Bertz CT molecular complexity index is 610. The van der Waals surface area contributed by atoms with Gasteiger partial charge in [0, 0.05) is 5.69 Å². The van der Waals surface area contributed by atoms with Crippen molar-refractivity contribution in [2.24, 2.45) is 0 Å². The van der Waals surface area contributed by atoms with E-state index in [0.717, 1.165) is 11.4 Å². The van der Waals surface area contributed by atoms with Crippen molar-refractivity contribution in [1.82, 2.24) is 10.1 Å². The Morgan fingerprint density at radius 2 is 1.67 bits per heavy atom. The van der Waals surface area contributed by atoms with E-state index in [4.69, 9.17) is 9.26 Å². The van der Waals surface area contributed by atoms with E-state index < -0.39 is 0 Å². The van der Waals surface area contributed by atoms with Gasteiger partial charge in [0.15, 0.2) is 6.61 Å². The van der Waals surface area contributed by atoms with Crippen LogP contribution in [0.25, 0.3) is 0 Å². The van der Waals surface area contributed by atoms with Gasteiger partial charge in [-0.2, -0.15) is 4.98 Å². The molecule has 3 rings (SSSR count). The van der Waals surface area contributed by atoms with Crippen LogP contribution in [0.1, 0.15) is 11.7 Å². The van der Waals surface area contributed by atoms with Crippen molar-refractivity contribution in [1.29, 1.82) is 0 Å². The topological polar surface area (TPSA) is 60.2 Å². The second-order valence-electron chi connectivity index (χ2n) is 4.43. The monoisotopic (exact) mass is 281 g/mol. The maximum atomic E-state index is 5.56. The summed E-state index contributed by atoms with van der Waals surface area (Å²) >= 11 is 0. The second-order valence-corrected chi connectivity index (χ2v) is 4.43. The van der Waals surface area contributed by atoms with E-state index in [0.29, 0.717) is 24.9 Å². The summed E-state index contributed by atoms with van der Waals surface area (Å²) in [4.78, 5) is 4.28. The predicted molar refractivity (Wildman–Crippen MR) is 78.8 cm³/mol. The molecule has 5 heteroatoms. The lowest BCUT2D eigenvalue weighted by atomic mass is 10.3. The number of ether oxygens (including phenoxy) is 1. The lowest BCUT2D eigenvalue weighted by molar-refractivity contribution is 0.285. The Morgan fingerprint density at radius 3 is 2.43 bits per heavy atom. The van der Waals surface area contributed by atoms with Crippen molar-refractivity contribution < 1.29 is 9.26 Å². The standard InChI is InChI=1S/C16H15N3O2/c1-3-7-13(8-4-1)17-11-16-18-15(19-21-16)12-20-14-9-5-2-6-10-14/h1-10,17H,11-12H2. The molecule has 1 heterocycles. The second kappa shape index (κ2) is 6.56. The van der Waals surface area contributed by atoms with Gasteiger partial charge in [-0.25, -0.2) is 0 Å². The molecule has 1 aromatic heterocycles. The fraction of sp³-hybridized carbons (Fsp3) is 0.125. The molecule has 0 atom stereocenters. The average molecular weight is 281 g/mol. The Balaban J connectivity index is 1.52. The fourth-order valence-corrected chi connectivity index (χ4v) is 1.82. The van der Waals surface area contributed by atoms with Gasteiger partial charge in [0.2, 0.25) is 11.7 Å². The van der Waals surface area contributed by atoms with Crippen LogP contribution in [0.2, 0.25) is 0 Å². The maximum absolute atomic E-state index is 5.56. The van der Waals surface area contributed by atoms with Crippen LogP contribution in [0.15, 0.2) is 65.2 Å². The largest absolute Gasteiger partial charge is 0.485 e. The molecule has 106 valence electrons. The summed E-state index contributed by atoms with van der Waals surface area (Å²) in [5, 5.41) is 7.10. The SMILES string of the molecule is c1ccc(NCc2nc(COc3ccccc3)no2)cc1. The Morgan fingerprint density at radius 1 is 0.952 bits per heavy atom. The molecule has 0 spiro atoms. The molecule has 0 saturated carbocycles. The third-order valence-corrected chi connectivity index (χ3v) is 2.84. The van der Waals surface area contributed by atoms with Crippen LogP contribution in [0.3, 0.4) is 0 Å². The molecule has 0 radical (unpaired) electrons. The molecule has 5 nitrogen and oxygen atoms in total. The zero-order chi connectivity index (χ0) is 14.3.